The van der Waals surface area contributed by atoms with Crippen LogP contribution in [0.4, 0.5) is 0 Å². The van der Waals surface area contributed by atoms with Crippen LogP contribution in [0.25, 0.3) is 0 Å². The largest absolute Gasteiger partial charge is 0.507 e. The Morgan fingerprint density at radius 2 is 0.946 bits per heavy atom. The maximum absolute atomic E-state index is 9.70. The molecule has 0 aromatic heterocycles. The molecular formula is C30H28Cl2N2O2Pd. The average molecular weight is 626 g/mol. The molecule has 2 N–H and O–H groups in total. The topological polar surface area (TPSA) is 65.2 Å². The van der Waals surface area contributed by atoms with E-state index in [4.69, 9.17) is 23.2 Å². The minimum absolute atomic E-state index is 0. The van der Waals surface area contributed by atoms with Gasteiger partial charge in [-0.05, 0) is 61.4 Å². The van der Waals surface area contributed by atoms with Crippen LogP contribution in [0.3, 0.4) is 0 Å². The van der Waals surface area contributed by atoms with Crippen LogP contribution >= 0.6 is 23.2 Å². The number of phenolic OH excluding ortho intramolecular Hbond substituents is 2. The van der Waals surface area contributed by atoms with Crippen LogP contribution in [-0.4, -0.2) is 22.6 Å². The normalized spacial score (nSPS) is 12.4. The summed E-state index contributed by atoms with van der Waals surface area (Å²) in [4.78, 5) is 8.85. The first-order valence-corrected chi connectivity index (χ1v) is 12.2. The van der Waals surface area contributed by atoms with Gasteiger partial charge in [0.2, 0.25) is 0 Å². The van der Waals surface area contributed by atoms with Gasteiger partial charge >= 0.3 is 0 Å². The van der Waals surface area contributed by atoms with Crippen molar-refractivity contribution >= 4 is 35.6 Å². The zero-order chi connectivity index (χ0) is 25.9. The van der Waals surface area contributed by atoms with Crippen LogP contribution in [0.5, 0.6) is 11.5 Å². The molecule has 0 aliphatic heterocycles. The SMILES string of the molecule is C[C@@H](N=Cc1ccc(Cl)cc1O)c1ccccc1.C[C@@H](N=Cc1ccc(Cl)cc1O)c1ccccc1.[Pd]. The van der Waals surface area contributed by atoms with Gasteiger partial charge in [0.25, 0.3) is 0 Å². The molecule has 4 nitrogen and oxygen atoms in total. The number of phenols is 2. The fourth-order valence-corrected chi connectivity index (χ4v) is 3.60. The molecule has 37 heavy (non-hydrogen) atoms. The Balaban J connectivity index is 0.000000253. The molecule has 0 bridgehead atoms. The minimum atomic E-state index is 0. The van der Waals surface area contributed by atoms with E-state index in [0.29, 0.717) is 21.2 Å². The molecule has 2 atom stereocenters. The van der Waals surface area contributed by atoms with Gasteiger partial charge < -0.3 is 10.2 Å². The maximum Gasteiger partial charge on any atom is 0.125 e. The summed E-state index contributed by atoms with van der Waals surface area (Å²) in [6.07, 6.45) is 3.34. The molecule has 4 aromatic rings. The Labute approximate surface area is 242 Å². The van der Waals surface area contributed by atoms with Gasteiger partial charge in [0.05, 0.1) is 12.1 Å². The number of benzene rings is 4. The molecular weight excluding hydrogens is 598 g/mol. The maximum atomic E-state index is 9.70. The monoisotopic (exact) mass is 624 g/mol. The fraction of sp³-hybridized carbons (Fsp3) is 0.133. The Morgan fingerprint density at radius 1 is 0.595 bits per heavy atom. The van der Waals surface area contributed by atoms with E-state index >= 15 is 0 Å². The number of hydrogen-bond donors (Lipinski definition) is 2. The molecule has 0 unspecified atom stereocenters. The van der Waals surface area contributed by atoms with Gasteiger partial charge in [0.15, 0.2) is 0 Å². The van der Waals surface area contributed by atoms with Crippen LogP contribution in [0.1, 0.15) is 48.2 Å². The van der Waals surface area contributed by atoms with E-state index in [0.717, 1.165) is 11.1 Å². The number of nitrogens with zero attached hydrogens (tertiary/aromatic N) is 2. The molecule has 0 saturated carbocycles. The predicted molar refractivity (Wildman–Crippen MR) is 151 cm³/mol. The van der Waals surface area contributed by atoms with Crippen molar-refractivity contribution in [2.75, 3.05) is 0 Å². The zero-order valence-corrected chi connectivity index (χ0v) is 23.5. The van der Waals surface area contributed by atoms with E-state index < -0.39 is 0 Å². The van der Waals surface area contributed by atoms with Crippen molar-refractivity contribution in [2.24, 2.45) is 9.98 Å². The zero-order valence-electron chi connectivity index (χ0n) is 20.4. The number of rotatable bonds is 6. The van der Waals surface area contributed by atoms with E-state index in [1.165, 1.54) is 12.1 Å². The van der Waals surface area contributed by atoms with Crippen LogP contribution in [-0.2, 0) is 20.4 Å². The van der Waals surface area contributed by atoms with E-state index in [9.17, 15) is 10.2 Å². The number of aliphatic imine (C=N–C) groups is 2. The average Bonchev–Trinajstić information content (AvgIpc) is 2.89. The number of halogens is 2. The first-order valence-electron chi connectivity index (χ1n) is 11.5. The molecule has 194 valence electrons. The van der Waals surface area contributed by atoms with Crippen molar-refractivity contribution in [3.05, 3.63) is 129 Å². The van der Waals surface area contributed by atoms with Crippen LogP contribution < -0.4 is 0 Å². The van der Waals surface area contributed by atoms with Crippen molar-refractivity contribution in [1.82, 2.24) is 0 Å². The molecule has 0 amide bonds. The summed E-state index contributed by atoms with van der Waals surface area (Å²) in [7, 11) is 0. The smallest absolute Gasteiger partial charge is 0.125 e. The molecule has 0 spiro atoms. The summed E-state index contributed by atoms with van der Waals surface area (Å²) < 4.78 is 0. The third-order valence-electron chi connectivity index (χ3n) is 5.42. The fourth-order valence-electron chi connectivity index (χ4n) is 3.27. The van der Waals surface area contributed by atoms with E-state index in [-0.39, 0.29) is 44.0 Å². The van der Waals surface area contributed by atoms with Gasteiger partial charge in [-0.15, -0.1) is 0 Å². The Morgan fingerprint density at radius 3 is 1.27 bits per heavy atom. The standard InChI is InChI=1S/2C15H14ClNO.Pd/c2*1-11(12-5-3-2-4-6-12)17-10-13-7-8-14(16)9-15(13)18;/h2*2-11,18H,1H3;/t2*11-;/m11./s1. The van der Waals surface area contributed by atoms with Crippen molar-refractivity contribution < 1.29 is 30.6 Å². The molecule has 0 radical (unpaired) electrons. The van der Waals surface area contributed by atoms with Gasteiger partial charge in [-0.2, -0.15) is 0 Å². The second-order valence-electron chi connectivity index (χ2n) is 8.14. The van der Waals surface area contributed by atoms with E-state index in [2.05, 4.69) is 9.98 Å². The van der Waals surface area contributed by atoms with Crippen molar-refractivity contribution in [1.29, 1.82) is 0 Å². The van der Waals surface area contributed by atoms with Gasteiger partial charge in [0.1, 0.15) is 11.5 Å². The predicted octanol–water partition coefficient (Wildman–Crippen LogP) is 8.45. The minimum Gasteiger partial charge on any atom is -0.507 e. The summed E-state index contributed by atoms with van der Waals surface area (Å²) in [6, 6.07) is 30.1. The number of aromatic hydroxyl groups is 2. The molecule has 0 saturated heterocycles. The summed E-state index contributed by atoms with van der Waals surface area (Å²) in [5.41, 5.74) is 3.62. The second kappa shape index (κ2) is 15.3. The summed E-state index contributed by atoms with van der Waals surface area (Å²) in [5.74, 6) is 0.290. The van der Waals surface area contributed by atoms with Gasteiger partial charge in [-0.3, -0.25) is 9.98 Å². The summed E-state index contributed by atoms with van der Waals surface area (Å²) in [6.45, 7) is 4.03. The van der Waals surface area contributed by atoms with Crippen LogP contribution in [0.2, 0.25) is 10.0 Å². The number of hydrogen-bond acceptors (Lipinski definition) is 4. The third kappa shape index (κ3) is 9.80. The quantitative estimate of drug-likeness (QED) is 0.167. The molecule has 7 heteroatoms. The molecule has 0 aliphatic rings. The van der Waals surface area contributed by atoms with Gasteiger partial charge in [0, 0.05) is 54.0 Å². The first-order chi connectivity index (χ1) is 17.3. The first kappa shape index (κ1) is 30.3. The van der Waals surface area contributed by atoms with Gasteiger partial charge in [-0.1, -0.05) is 83.9 Å². The van der Waals surface area contributed by atoms with Crippen molar-refractivity contribution in [3.63, 3.8) is 0 Å². The van der Waals surface area contributed by atoms with Crippen LogP contribution in [0, 0.1) is 0 Å². The molecule has 4 rings (SSSR count). The van der Waals surface area contributed by atoms with Crippen LogP contribution in [0.15, 0.2) is 107 Å². The van der Waals surface area contributed by atoms with Gasteiger partial charge in [-0.25, -0.2) is 0 Å². The Bertz CT molecular complexity index is 1210. The summed E-state index contributed by atoms with van der Waals surface area (Å²) >= 11 is 11.5. The molecule has 4 aromatic carbocycles. The van der Waals surface area contributed by atoms with Crippen molar-refractivity contribution in [2.45, 2.75) is 25.9 Å². The molecule has 0 fully saturated rings. The summed E-state index contributed by atoms with van der Waals surface area (Å²) in [5, 5.41) is 20.4. The Kier molecular flexibility index (Phi) is 12.6. The van der Waals surface area contributed by atoms with Crippen molar-refractivity contribution in [3.8, 4) is 11.5 Å². The molecule has 0 aliphatic carbocycles. The second-order valence-corrected chi connectivity index (χ2v) is 9.01. The Hall–Kier alpha value is -2.94. The molecule has 0 heterocycles. The van der Waals surface area contributed by atoms with E-state index in [1.807, 2.05) is 74.5 Å². The third-order valence-corrected chi connectivity index (χ3v) is 5.89. The van der Waals surface area contributed by atoms with E-state index in [1.54, 1.807) is 36.7 Å².